The third-order valence-electron chi connectivity index (χ3n) is 4.14. The topological polar surface area (TPSA) is 53.4 Å². The van der Waals surface area contributed by atoms with Gasteiger partial charge in [-0.05, 0) is 67.7 Å². The van der Waals surface area contributed by atoms with Gasteiger partial charge in [-0.1, -0.05) is 0 Å². The molecule has 0 spiro atoms. The summed E-state index contributed by atoms with van der Waals surface area (Å²) in [5.41, 5.74) is 1.97. The molecule has 21 heavy (non-hydrogen) atoms. The summed E-state index contributed by atoms with van der Waals surface area (Å²) >= 11 is 0. The van der Waals surface area contributed by atoms with Crippen molar-refractivity contribution in [3.63, 3.8) is 0 Å². The van der Waals surface area contributed by atoms with Crippen LogP contribution in [0.3, 0.4) is 0 Å². The molecule has 3 rings (SSSR count). The van der Waals surface area contributed by atoms with E-state index in [9.17, 15) is 4.79 Å². The monoisotopic (exact) mass is 286 g/mol. The number of rotatable bonds is 7. The molecule has 112 valence electrons. The lowest BCUT2D eigenvalue weighted by molar-refractivity contribution is -0.131. The van der Waals surface area contributed by atoms with Gasteiger partial charge in [-0.15, -0.1) is 0 Å². The number of anilines is 1. The molecule has 0 aliphatic heterocycles. The van der Waals surface area contributed by atoms with Crippen LogP contribution in [0.25, 0.3) is 6.08 Å². The summed E-state index contributed by atoms with van der Waals surface area (Å²) in [6, 6.07) is 2.02. The van der Waals surface area contributed by atoms with Gasteiger partial charge in [0.1, 0.15) is 5.82 Å². The summed E-state index contributed by atoms with van der Waals surface area (Å²) in [7, 11) is 0. The van der Waals surface area contributed by atoms with Gasteiger partial charge in [0, 0.05) is 25.4 Å². The minimum absolute atomic E-state index is 0.844. The van der Waals surface area contributed by atoms with Crippen LogP contribution in [0.5, 0.6) is 0 Å². The van der Waals surface area contributed by atoms with Gasteiger partial charge < -0.3 is 10.0 Å². The highest BCUT2D eigenvalue weighted by atomic mass is 16.4. The number of carbonyl (C=O) groups is 1. The Morgan fingerprint density at radius 2 is 1.95 bits per heavy atom. The van der Waals surface area contributed by atoms with E-state index in [-0.39, 0.29) is 0 Å². The van der Waals surface area contributed by atoms with Gasteiger partial charge in [0.05, 0.1) is 0 Å². The SMILES string of the molecule is Cc1cc(/C=C/C(=O)O)cnc1N(CC1CC1)CC1CC1. The number of aryl methyl sites for hydroxylation is 1. The van der Waals surface area contributed by atoms with Crippen LogP contribution in [-0.4, -0.2) is 29.1 Å². The molecular weight excluding hydrogens is 264 g/mol. The molecule has 0 radical (unpaired) electrons. The van der Waals surface area contributed by atoms with Crippen LogP contribution in [0.2, 0.25) is 0 Å². The van der Waals surface area contributed by atoms with E-state index in [1.807, 2.05) is 6.07 Å². The number of carboxylic acids is 1. The number of pyridine rings is 1. The maximum Gasteiger partial charge on any atom is 0.328 e. The minimum atomic E-state index is -0.930. The third kappa shape index (κ3) is 4.06. The number of aliphatic carboxylic acids is 1. The summed E-state index contributed by atoms with van der Waals surface area (Å²) < 4.78 is 0. The first-order valence-electron chi connectivity index (χ1n) is 7.74. The molecule has 2 saturated carbocycles. The minimum Gasteiger partial charge on any atom is -0.478 e. The van der Waals surface area contributed by atoms with Gasteiger partial charge in [-0.25, -0.2) is 9.78 Å². The van der Waals surface area contributed by atoms with E-state index in [0.717, 1.165) is 47.9 Å². The molecule has 2 aliphatic rings. The molecule has 1 aromatic rings. The number of hydrogen-bond donors (Lipinski definition) is 1. The van der Waals surface area contributed by atoms with Crippen LogP contribution in [0.15, 0.2) is 18.3 Å². The van der Waals surface area contributed by atoms with Gasteiger partial charge in [-0.3, -0.25) is 0 Å². The van der Waals surface area contributed by atoms with Crippen molar-refractivity contribution in [2.75, 3.05) is 18.0 Å². The number of aromatic nitrogens is 1. The van der Waals surface area contributed by atoms with Crippen molar-refractivity contribution in [1.29, 1.82) is 0 Å². The fourth-order valence-electron chi connectivity index (χ4n) is 2.65. The van der Waals surface area contributed by atoms with Crippen LogP contribution in [0, 0.1) is 18.8 Å². The quantitative estimate of drug-likeness (QED) is 0.782. The molecular formula is C17H22N2O2. The van der Waals surface area contributed by atoms with Crippen LogP contribution in [0.1, 0.15) is 36.8 Å². The average Bonchev–Trinajstić information content (AvgIpc) is 3.31. The van der Waals surface area contributed by atoms with Crippen molar-refractivity contribution in [2.45, 2.75) is 32.6 Å². The van der Waals surface area contributed by atoms with Crippen molar-refractivity contribution < 1.29 is 9.90 Å². The number of hydrogen-bond acceptors (Lipinski definition) is 3. The van der Waals surface area contributed by atoms with E-state index in [1.165, 1.54) is 25.7 Å². The summed E-state index contributed by atoms with van der Waals surface area (Å²) in [4.78, 5) is 17.6. The van der Waals surface area contributed by atoms with Gasteiger partial charge in [0.2, 0.25) is 0 Å². The van der Waals surface area contributed by atoms with Gasteiger partial charge in [-0.2, -0.15) is 0 Å². The van der Waals surface area contributed by atoms with Crippen molar-refractivity contribution in [3.05, 3.63) is 29.5 Å². The highest BCUT2D eigenvalue weighted by Gasteiger charge is 2.30. The normalized spacial score (nSPS) is 18.1. The van der Waals surface area contributed by atoms with Gasteiger partial charge in [0.25, 0.3) is 0 Å². The maximum atomic E-state index is 10.6. The second kappa shape index (κ2) is 5.88. The van der Waals surface area contributed by atoms with Crippen molar-refractivity contribution in [2.24, 2.45) is 11.8 Å². The molecule has 0 amide bonds. The standard InChI is InChI=1S/C17H22N2O2/c1-12-8-15(6-7-16(20)21)9-18-17(12)19(10-13-2-3-13)11-14-4-5-14/h6-9,13-14H,2-5,10-11H2,1H3,(H,20,21)/b7-6+. The smallest absolute Gasteiger partial charge is 0.328 e. The van der Waals surface area contributed by atoms with E-state index in [4.69, 9.17) is 5.11 Å². The Labute approximate surface area is 125 Å². The molecule has 1 heterocycles. The zero-order chi connectivity index (χ0) is 14.8. The van der Waals surface area contributed by atoms with Gasteiger partial charge >= 0.3 is 5.97 Å². The summed E-state index contributed by atoms with van der Waals surface area (Å²) in [5.74, 6) is 1.83. The fourth-order valence-corrected chi connectivity index (χ4v) is 2.65. The molecule has 0 aromatic carbocycles. The number of carboxylic acid groups (broad SMARTS) is 1. The molecule has 0 unspecified atom stereocenters. The molecule has 0 bridgehead atoms. The van der Waals surface area contributed by atoms with E-state index in [2.05, 4.69) is 16.8 Å². The first-order valence-corrected chi connectivity index (χ1v) is 7.74. The van der Waals surface area contributed by atoms with Crippen LogP contribution >= 0.6 is 0 Å². The summed E-state index contributed by atoms with van der Waals surface area (Å²) in [6.07, 6.45) is 9.91. The van der Waals surface area contributed by atoms with Crippen molar-refractivity contribution in [1.82, 2.24) is 4.98 Å². The molecule has 1 N–H and O–H groups in total. The van der Waals surface area contributed by atoms with Gasteiger partial charge in [0.15, 0.2) is 0 Å². The fraction of sp³-hybridized carbons (Fsp3) is 0.529. The Kier molecular flexibility index (Phi) is 3.95. The maximum absolute atomic E-state index is 10.6. The van der Waals surface area contributed by atoms with Crippen molar-refractivity contribution in [3.8, 4) is 0 Å². The molecule has 4 nitrogen and oxygen atoms in total. The van der Waals surface area contributed by atoms with Crippen molar-refractivity contribution >= 4 is 17.9 Å². The van der Waals surface area contributed by atoms with Crippen LogP contribution in [0.4, 0.5) is 5.82 Å². The highest BCUT2D eigenvalue weighted by molar-refractivity contribution is 5.85. The first kappa shape index (κ1) is 14.1. The average molecular weight is 286 g/mol. The lowest BCUT2D eigenvalue weighted by atomic mass is 10.1. The van der Waals surface area contributed by atoms with E-state index >= 15 is 0 Å². The zero-order valence-electron chi connectivity index (χ0n) is 12.5. The second-order valence-corrected chi connectivity index (χ2v) is 6.37. The Hall–Kier alpha value is -1.84. The molecule has 2 fully saturated rings. The molecule has 1 aromatic heterocycles. The molecule has 4 heteroatoms. The summed E-state index contributed by atoms with van der Waals surface area (Å²) in [6.45, 7) is 4.30. The Bertz CT molecular complexity index is 546. The predicted octanol–water partition coefficient (Wildman–Crippen LogP) is 3.11. The second-order valence-electron chi connectivity index (χ2n) is 6.37. The predicted molar refractivity (Wildman–Crippen MR) is 83.3 cm³/mol. The molecule has 2 aliphatic carbocycles. The van der Waals surface area contributed by atoms with E-state index in [1.54, 1.807) is 12.3 Å². The lowest BCUT2D eigenvalue weighted by Gasteiger charge is -2.25. The Morgan fingerprint density at radius 3 is 2.43 bits per heavy atom. The van der Waals surface area contributed by atoms with Crippen LogP contribution in [-0.2, 0) is 4.79 Å². The Morgan fingerprint density at radius 1 is 1.33 bits per heavy atom. The summed E-state index contributed by atoms with van der Waals surface area (Å²) in [5, 5.41) is 8.68. The first-order chi connectivity index (χ1) is 10.1. The molecule has 0 saturated heterocycles. The lowest BCUT2D eigenvalue weighted by Crippen LogP contribution is -2.29. The van der Waals surface area contributed by atoms with E-state index in [0.29, 0.717) is 0 Å². The largest absolute Gasteiger partial charge is 0.478 e. The Balaban J connectivity index is 1.76. The zero-order valence-corrected chi connectivity index (χ0v) is 12.5. The molecule has 0 atom stereocenters. The number of nitrogens with zero attached hydrogens (tertiary/aromatic N) is 2. The highest BCUT2D eigenvalue weighted by Crippen LogP contribution is 2.36. The van der Waals surface area contributed by atoms with Crippen LogP contribution < -0.4 is 4.90 Å². The van der Waals surface area contributed by atoms with E-state index < -0.39 is 5.97 Å². The third-order valence-corrected chi connectivity index (χ3v) is 4.14.